The molecule has 0 unspecified atom stereocenters. The van der Waals surface area contributed by atoms with Crippen molar-refractivity contribution in [2.45, 2.75) is 45.6 Å². The van der Waals surface area contributed by atoms with E-state index in [1.807, 2.05) is 37.4 Å². The van der Waals surface area contributed by atoms with Crippen LogP contribution in [0.1, 0.15) is 41.1 Å². The normalized spacial score (nSPS) is 15.5. The number of rotatable bonds is 9. The fourth-order valence-corrected chi connectivity index (χ4v) is 5.10. The Labute approximate surface area is 227 Å². The number of likely N-dealkylation sites (tertiary alicyclic amines) is 1. The van der Waals surface area contributed by atoms with Crippen LogP contribution in [0.15, 0.2) is 54.7 Å². The van der Waals surface area contributed by atoms with Crippen molar-refractivity contribution in [2.24, 2.45) is 5.41 Å². The van der Waals surface area contributed by atoms with E-state index in [0.29, 0.717) is 30.7 Å². The lowest BCUT2D eigenvalue weighted by Gasteiger charge is -2.42. The highest BCUT2D eigenvalue weighted by Gasteiger charge is 2.37. The number of nitriles is 1. The molecule has 1 aliphatic rings. The van der Waals surface area contributed by atoms with Crippen molar-refractivity contribution in [1.29, 1.82) is 5.26 Å². The Morgan fingerprint density at radius 2 is 1.74 bits per heavy atom. The number of piperidine rings is 1. The molecule has 38 heavy (non-hydrogen) atoms. The smallest absolute Gasteiger partial charge is 0.406 e. The van der Waals surface area contributed by atoms with Crippen LogP contribution in [0.2, 0.25) is 0 Å². The van der Waals surface area contributed by atoms with Gasteiger partial charge >= 0.3 is 6.36 Å². The number of para-hydroxylation sites is 1. The van der Waals surface area contributed by atoms with E-state index < -0.39 is 6.36 Å². The SMILES string of the molecule is COCC1(Cc2ccccc2OC(F)(F)F)CCN(Cc2cnc(C)n2Cc2ccc(C#N)cc2)CC1.Cl. The molecule has 204 valence electrons. The molecule has 6 nitrogen and oxygen atoms in total. The molecule has 0 spiro atoms. The summed E-state index contributed by atoms with van der Waals surface area (Å²) in [6.45, 7) is 5.45. The van der Waals surface area contributed by atoms with E-state index in [-0.39, 0.29) is 23.6 Å². The van der Waals surface area contributed by atoms with Crippen molar-refractivity contribution in [2.75, 3.05) is 26.8 Å². The molecule has 0 amide bonds. The van der Waals surface area contributed by atoms with Gasteiger partial charge in [-0.2, -0.15) is 5.26 Å². The molecule has 0 saturated carbocycles. The molecule has 3 aromatic rings. The predicted molar refractivity (Wildman–Crippen MR) is 140 cm³/mol. The van der Waals surface area contributed by atoms with Crippen LogP contribution in [0, 0.1) is 23.7 Å². The van der Waals surface area contributed by atoms with Crippen LogP contribution in [0.5, 0.6) is 5.75 Å². The maximum absolute atomic E-state index is 12.9. The van der Waals surface area contributed by atoms with Crippen LogP contribution in [0.25, 0.3) is 0 Å². The van der Waals surface area contributed by atoms with Gasteiger partial charge in [0.1, 0.15) is 11.6 Å². The van der Waals surface area contributed by atoms with Crippen molar-refractivity contribution in [1.82, 2.24) is 14.5 Å². The third-order valence-corrected chi connectivity index (χ3v) is 7.08. The quantitative estimate of drug-likeness (QED) is 0.333. The van der Waals surface area contributed by atoms with Crippen LogP contribution in [0.3, 0.4) is 0 Å². The molecule has 1 aromatic heterocycles. The van der Waals surface area contributed by atoms with Gasteiger partial charge < -0.3 is 14.0 Å². The molecule has 1 fully saturated rings. The van der Waals surface area contributed by atoms with E-state index >= 15 is 0 Å². The standard InChI is InChI=1S/C28H31F3N4O2.ClH/c1-21-33-17-25(35(21)18-23-9-7-22(16-32)8-10-23)19-34-13-11-27(12-14-34,20-36-2)15-24-5-3-4-6-26(24)37-28(29,30)31;/h3-10,17H,11-15,18-20H2,1-2H3;1H. The highest BCUT2D eigenvalue weighted by molar-refractivity contribution is 5.85. The highest BCUT2D eigenvalue weighted by atomic mass is 35.5. The number of halogens is 4. The summed E-state index contributed by atoms with van der Waals surface area (Å²) in [6, 6.07) is 16.1. The Morgan fingerprint density at radius 1 is 1.05 bits per heavy atom. The van der Waals surface area contributed by atoms with Crippen molar-refractivity contribution < 1.29 is 22.6 Å². The number of aromatic nitrogens is 2. The fraction of sp³-hybridized carbons (Fsp3) is 0.429. The number of methoxy groups -OCH3 is 1. The number of benzene rings is 2. The second kappa shape index (κ2) is 12.7. The minimum absolute atomic E-state index is 0. The zero-order chi connectivity index (χ0) is 26.5. The second-order valence-electron chi connectivity index (χ2n) is 9.73. The summed E-state index contributed by atoms with van der Waals surface area (Å²) in [7, 11) is 1.64. The molecule has 4 rings (SSSR count). The summed E-state index contributed by atoms with van der Waals surface area (Å²) in [5.74, 6) is 0.779. The number of ether oxygens (including phenoxy) is 2. The summed E-state index contributed by atoms with van der Waals surface area (Å²) in [6.07, 6.45) is -0.780. The van der Waals surface area contributed by atoms with Crippen LogP contribution in [-0.4, -0.2) is 47.6 Å². The monoisotopic (exact) mass is 548 g/mol. The van der Waals surface area contributed by atoms with Crippen molar-refractivity contribution in [3.8, 4) is 11.8 Å². The van der Waals surface area contributed by atoms with E-state index in [1.165, 1.54) is 6.07 Å². The largest absolute Gasteiger partial charge is 0.573 e. The van der Waals surface area contributed by atoms with E-state index in [2.05, 4.69) is 25.3 Å². The summed E-state index contributed by atoms with van der Waals surface area (Å²) < 4.78 is 50.8. The van der Waals surface area contributed by atoms with Gasteiger partial charge in [0, 0.05) is 31.8 Å². The number of imidazole rings is 1. The summed E-state index contributed by atoms with van der Waals surface area (Å²) >= 11 is 0. The van der Waals surface area contributed by atoms with Gasteiger partial charge in [0.15, 0.2) is 0 Å². The predicted octanol–water partition coefficient (Wildman–Crippen LogP) is 5.90. The zero-order valence-electron chi connectivity index (χ0n) is 21.5. The Kier molecular flexibility index (Phi) is 9.82. The minimum Gasteiger partial charge on any atom is -0.406 e. The molecular formula is C28H32ClF3N4O2. The molecule has 1 aliphatic heterocycles. The molecule has 0 radical (unpaired) electrons. The van der Waals surface area contributed by atoms with Gasteiger partial charge in [0.05, 0.1) is 23.9 Å². The van der Waals surface area contributed by atoms with Gasteiger partial charge in [0.25, 0.3) is 0 Å². The molecule has 0 bridgehead atoms. The first-order valence-electron chi connectivity index (χ1n) is 12.3. The van der Waals surface area contributed by atoms with Crippen LogP contribution in [-0.2, 0) is 24.2 Å². The van der Waals surface area contributed by atoms with Crippen LogP contribution >= 0.6 is 12.4 Å². The maximum Gasteiger partial charge on any atom is 0.573 e. The van der Waals surface area contributed by atoms with Gasteiger partial charge in [-0.05, 0) is 68.6 Å². The Morgan fingerprint density at radius 3 is 2.37 bits per heavy atom. The number of hydrogen-bond donors (Lipinski definition) is 0. The first-order chi connectivity index (χ1) is 17.7. The maximum atomic E-state index is 12.9. The van der Waals surface area contributed by atoms with Gasteiger partial charge in [-0.15, -0.1) is 25.6 Å². The van der Waals surface area contributed by atoms with Crippen LogP contribution in [0.4, 0.5) is 13.2 Å². The number of nitrogens with zero attached hydrogens (tertiary/aromatic N) is 4. The van der Waals surface area contributed by atoms with Crippen molar-refractivity contribution >= 4 is 12.4 Å². The molecule has 1 saturated heterocycles. The summed E-state index contributed by atoms with van der Waals surface area (Å²) in [4.78, 5) is 6.88. The van der Waals surface area contributed by atoms with Gasteiger partial charge in [-0.3, -0.25) is 4.90 Å². The Bertz CT molecular complexity index is 1230. The number of hydrogen-bond acceptors (Lipinski definition) is 5. The van der Waals surface area contributed by atoms with Gasteiger partial charge in [-0.25, -0.2) is 4.98 Å². The van der Waals surface area contributed by atoms with E-state index in [0.717, 1.165) is 49.6 Å². The number of alkyl halides is 3. The average Bonchev–Trinajstić information content (AvgIpc) is 3.20. The number of aryl methyl sites for hydroxylation is 1. The molecule has 10 heteroatoms. The van der Waals surface area contributed by atoms with Crippen molar-refractivity contribution in [3.05, 3.63) is 82.9 Å². The van der Waals surface area contributed by atoms with Crippen LogP contribution < -0.4 is 4.74 Å². The molecule has 0 aliphatic carbocycles. The summed E-state index contributed by atoms with van der Waals surface area (Å²) in [5, 5.41) is 9.04. The Hall–Kier alpha value is -3.06. The first-order valence-corrected chi connectivity index (χ1v) is 12.3. The molecule has 2 aromatic carbocycles. The zero-order valence-corrected chi connectivity index (χ0v) is 22.3. The third kappa shape index (κ3) is 7.50. The lowest BCUT2D eigenvalue weighted by Crippen LogP contribution is -2.43. The average molecular weight is 549 g/mol. The molecule has 0 atom stereocenters. The third-order valence-electron chi connectivity index (χ3n) is 7.08. The van der Waals surface area contributed by atoms with E-state index in [9.17, 15) is 13.2 Å². The van der Waals surface area contributed by atoms with E-state index in [4.69, 9.17) is 10.00 Å². The fourth-order valence-electron chi connectivity index (χ4n) is 5.10. The van der Waals surface area contributed by atoms with Gasteiger partial charge in [-0.1, -0.05) is 30.3 Å². The lowest BCUT2D eigenvalue weighted by molar-refractivity contribution is -0.275. The second-order valence-corrected chi connectivity index (χ2v) is 9.73. The highest BCUT2D eigenvalue weighted by Crippen LogP contribution is 2.39. The van der Waals surface area contributed by atoms with Crippen molar-refractivity contribution in [3.63, 3.8) is 0 Å². The minimum atomic E-state index is -4.73. The topological polar surface area (TPSA) is 63.3 Å². The van der Waals surface area contributed by atoms with Gasteiger partial charge in [0.2, 0.25) is 0 Å². The molecular weight excluding hydrogens is 517 g/mol. The molecule has 0 N–H and O–H groups in total. The first kappa shape index (κ1) is 29.5. The Balaban J connectivity index is 0.00000400. The van der Waals surface area contributed by atoms with E-state index in [1.54, 1.807) is 25.3 Å². The molecule has 2 heterocycles. The summed E-state index contributed by atoms with van der Waals surface area (Å²) in [5.41, 5.74) is 3.10. The lowest BCUT2D eigenvalue weighted by atomic mass is 9.74.